The Kier molecular flexibility index (Phi) is 9.75. The van der Waals surface area contributed by atoms with Crippen molar-refractivity contribution < 1.29 is 32.3 Å². The monoisotopic (exact) mass is 585 g/mol. The summed E-state index contributed by atoms with van der Waals surface area (Å²) in [5, 5.41) is 18.5. The van der Waals surface area contributed by atoms with Crippen molar-refractivity contribution >= 4 is 29.1 Å². The van der Waals surface area contributed by atoms with Gasteiger partial charge in [0.05, 0.1) is 22.9 Å². The molecule has 4 rings (SSSR count). The van der Waals surface area contributed by atoms with Gasteiger partial charge in [0.2, 0.25) is 0 Å². The molecule has 42 heavy (non-hydrogen) atoms. The molecule has 0 aromatic heterocycles. The van der Waals surface area contributed by atoms with Gasteiger partial charge in [-0.15, -0.1) is 0 Å². The number of aryl methyl sites for hydroxylation is 1. The fourth-order valence-corrected chi connectivity index (χ4v) is 5.42. The molecule has 1 fully saturated rings. The van der Waals surface area contributed by atoms with Gasteiger partial charge in [-0.25, -0.2) is 14.0 Å². The normalized spacial score (nSPS) is 15.5. The standard InChI is InChI=1S/C32H35F4N3O3/c1-19-8-12-24(13-9-19)37-31(42)39-29-17-22(26-18-23(33)11-14-25(26)30(40)41)10-15-27(29)38-28(16-20(2)32(34,35)36)21-6-4-3-5-7-21/h8-15,17-18,20-21,28,38H,3-7,16H2,1-2H3,(H,40,41)(H2,37,39,42). The van der Waals surface area contributed by atoms with E-state index in [-0.39, 0.29) is 29.2 Å². The molecular formula is C32H35F4N3O3. The van der Waals surface area contributed by atoms with Crippen molar-refractivity contribution in [3.8, 4) is 11.1 Å². The number of nitrogens with one attached hydrogen (secondary N) is 3. The molecule has 1 saturated carbocycles. The zero-order valence-corrected chi connectivity index (χ0v) is 23.5. The van der Waals surface area contributed by atoms with Crippen LogP contribution < -0.4 is 16.0 Å². The predicted octanol–water partition coefficient (Wildman–Crippen LogP) is 9.09. The van der Waals surface area contributed by atoms with Crippen LogP contribution in [0.5, 0.6) is 0 Å². The summed E-state index contributed by atoms with van der Waals surface area (Å²) in [5.74, 6) is -3.41. The third kappa shape index (κ3) is 8.02. The van der Waals surface area contributed by atoms with Gasteiger partial charge >= 0.3 is 18.2 Å². The zero-order chi connectivity index (χ0) is 30.4. The minimum atomic E-state index is -4.35. The first-order valence-electron chi connectivity index (χ1n) is 14.1. The van der Waals surface area contributed by atoms with Crippen LogP contribution in [0.25, 0.3) is 11.1 Å². The molecule has 0 heterocycles. The lowest BCUT2D eigenvalue weighted by Crippen LogP contribution is -2.36. The van der Waals surface area contributed by atoms with E-state index in [2.05, 4.69) is 16.0 Å². The number of anilines is 3. The molecule has 10 heteroatoms. The molecule has 4 N–H and O–H groups in total. The second kappa shape index (κ2) is 13.3. The third-order valence-corrected chi connectivity index (χ3v) is 7.83. The highest BCUT2D eigenvalue weighted by Gasteiger charge is 2.39. The second-order valence-electron chi connectivity index (χ2n) is 11.0. The molecule has 1 aliphatic carbocycles. The van der Waals surface area contributed by atoms with Crippen molar-refractivity contribution in [1.29, 1.82) is 0 Å². The van der Waals surface area contributed by atoms with E-state index in [0.717, 1.165) is 55.9 Å². The number of carbonyl (C=O) groups excluding carboxylic acids is 1. The van der Waals surface area contributed by atoms with Crippen molar-refractivity contribution in [3.05, 3.63) is 77.6 Å². The molecule has 0 spiro atoms. The highest BCUT2D eigenvalue weighted by Crippen LogP contribution is 2.38. The first-order chi connectivity index (χ1) is 19.9. The highest BCUT2D eigenvalue weighted by atomic mass is 19.4. The van der Waals surface area contributed by atoms with Gasteiger partial charge in [-0.2, -0.15) is 13.2 Å². The summed E-state index contributed by atoms with van der Waals surface area (Å²) in [4.78, 5) is 24.9. The summed E-state index contributed by atoms with van der Waals surface area (Å²) in [6.45, 7) is 3.08. The van der Waals surface area contributed by atoms with Gasteiger partial charge in [-0.05, 0) is 85.7 Å². The topological polar surface area (TPSA) is 90.5 Å². The molecule has 1 aliphatic rings. The van der Waals surface area contributed by atoms with E-state index < -0.39 is 36.0 Å². The summed E-state index contributed by atoms with van der Waals surface area (Å²) in [5.41, 5.74) is 2.43. The van der Waals surface area contributed by atoms with E-state index in [1.807, 2.05) is 19.1 Å². The van der Waals surface area contributed by atoms with Crippen LogP contribution in [0.1, 0.15) is 61.4 Å². The molecule has 224 valence electrons. The molecule has 0 saturated heterocycles. The van der Waals surface area contributed by atoms with E-state index in [4.69, 9.17) is 0 Å². The number of rotatable bonds is 9. The van der Waals surface area contributed by atoms with Crippen molar-refractivity contribution in [1.82, 2.24) is 0 Å². The first-order valence-corrected chi connectivity index (χ1v) is 14.1. The van der Waals surface area contributed by atoms with Gasteiger partial charge in [-0.3, -0.25) is 0 Å². The summed E-state index contributed by atoms with van der Waals surface area (Å²) in [6.07, 6.45) is 0.00637. The summed E-state index contributed by atoms with van der Waals surface area (Å²) >= 11 is 0. The number of benzene rings is 3. The Hall–Kier alpha value is -4.08. The van der Waals surface area contributed by atoms with E-state index in [9.17, 15) is 32.3 Å². The second-order valence-corrected chi connectivity index (χ2v) is 11.0. The Bertz CT molecular complexity index is 1400. The van der Waals surface area contributed by atoms with Crippen molar-refractivity contribution in [2.45, 2.75) is 64.6 Å². The number of hydrogen-bond acceptors (Lipinski definition) is 3. The SMILES string of the molecule is Cc1ccc(NC(=O)Nc2cc(-c3cc(F)ccc3C(=O)O)ccc2NC(CC(C)C(F)(F)F)C2CCCCC2)cc1. The number of aromatic carboxylic acids is 1. The molecule has 6 nitrogen and oxygen atoms in total. The van der Waals surface area contributed by atoms with Gasteiger partial charge in [0, 0.05) is 11.7 Å². The molecule has 3 aromatic rings. The van der Waals surface area contributed by atoms with E-state index in [1.165, 1.54) is 13.0 Å². The molecule has 3 aromatic carbocycles. The van der Waals surface area contributed by atoms with E-state index >= 15 is 0 Å². The summed E-state index contributed by atoms with van der Waals surface area (Å²) < 4.78 is 55.0. The fraction of sp³-hybridized carbons (Fsp3) is 0.375. The minimum Gasteiger partial charge on any atom is -0.478 e. The van der Waals surface area contributed by atoms with Crippen molar-refractivity contribution in [2.75, 3.05) is 16.0 Å². The summed E-state index contributed by atoms with van der Waals surface area (Å²) in [7, 11) is 0. The first kappa shape index (κ1) is 30.9. The molecule has 0 radical (unpaired) electrons. The van der Waals surface area contributed by atoms with E-state index in [1.54, 1.807) is 24.3 Å². The summed E-state index contributed by atoms with van der Waals surface area (Å²) in [6, 6.07) is 14.0. The van der Waals surface area contributed by atoms with Gasteiger partial charge in [0.15, 0.2) is 0 Å². The zero-order valence-electron chi connectivity index (χ0n) is 23.5. The molecule has 2 atom stereocenters. The number of amides is 2. The molecule has 0 aliphatic heterocycles. The van der Waals surface area contributed by atoms with Gasteiger partial charge < -0.3 is 21.1 Å². The number of alkyl halides is 3. The molecular weight excluding hydrogens is 550 g/mol. The van der Waals surface area contributed by atoms with Crippen molar-refractivity contribution in [3.63, 3.8) is 0 Å². The van der Waals surface area contributed by atoms with Gasteiger partial charge in [0.1, 0.15) is 5.82 Å². The quantitative estimate of drug-likeness (QED) is 0.189. The third-order valence-electron chi connectivity index (χ3n) is 7.83. The maximum Gasteiger partial charge on any atom is 0.391 e. The van der Waals surface area contributed by atoms with Crippen LogP contribution >= 0.6 is 0 Å². The van der Waals surface area contributed by atoms with Gasteiger partial charge in [0.25, 0.3) is 0 Å². The largest absolute Gasteiger partial charge is 0.478 e. The fourth-order valence-electron chi connectivity index (χ4n) is 5.42. The Morgan fingerprint density at radius 3 is 2.26 bits per heavy atom. The molecule has 0 bridgehead atoms. The Morgan fingerprint density at radius 1 is 0.929 bits per heavy atom. The van der Waals surface area contributed by atoms with Crippen LogP contribution in [0.15, 0.2) is 60.7 Å². The Labute approximate surface area is 242 Å². The van der Waals surface area contributed by atoms with E-state index in [0.29, 0.717) is 16.9 Å². The van der Waals surface area contributed by atoms with Crippen LogP contribution in [0.4, 0.5) is 39.4 Å². The average Bonchev–Trinajstić information content (AvgIpc) is 2.94. The minimum absolute atomic E-state index is 0.0132. The lowest BCUT2D eigenvalue weighted by Gasteiger charge is -2.34. The Morgan fingerprint density at radius 2 is 1.62 bits per heavy atom. The lowest BCUT2D eigenvalue weighted by molar-refractivity contribution is -0.172. The maximum atomic E-state index is 14.2. The average molecular weight is 586 g/mol. The van der Waals surface area contributed by atoms with Crippen LogP contribution in [-0.2, 0) is 0 Å². The maximum absolute atomic E-state index is 14.2. The van der Waals surface area contributed by atoms with Crippen LogP contribution in [0.2, 0.25) is 0 Å². The van der Waals surface area contributed by atoms with Crippen molar-refractivity contribution in [2.24, 2.45) is 11.8 Å². The smallest absolute Gasteiger partial charge is 0.391 e. The predicted molar refractivity (Wildman–Crippen MR) is 156 cm³/mol. The molecule has 2 unspecified atom stereocenters. The number of carbonyl (C=O) groups is 2. The number of urea groups is 1. The lowest BCUT2D eigenvalue weighted by atomic mass is 9.80. The van der Waals surface area contributed by atoms with Crippen LogP contribution in [-0.4, -0.2) is 29.3 Å². The number of carboxylic acids is 1. The van der Waals surface area contributed by atoms with Crippen LogP contribution in [0.3, 0.4) is 0 Å². The highest BCUT2D eigenvalue weighted by molar-refractivity contribution is 6.03. The Balaban J connectivity index is 1.71. The number of carboxylic acid groups (broad SMARTS) is 1. The number of hydrogen-bond donors (Lipinski definition) is 4. The van der Waals surface area contributed by atoms with Crippen LogP contribution in [0, 0.1) is 24.6 Å². The molecule has 2 amide bonds. The number of halogens is 4. The van der Waals surface area contributed by atoms with Gasteiger partial charge in [-0.1, -0.05) is 49.9 Å².